The van der Waals surface area contributed by atoms with Gasteiger partial charge in [-0.2, -0.15) is 0 Å². The lowest BCUT2D eigenvalue weighted by Gasteiger charge is -2.26. The quantitative estimate of drug-likeness (QED) is 0.582. The van der Waals surface area contributed by atoms with Gasteiger partial charge in [0.05, 0.1) is 19.0 Å². The van der Waals surface area contributed by atoms with Crippen molar-refractivity contribution < 1.29 is 4.74 Å². The average molecular weight is 383 g/mol. The number of hydrogen-bond donors (Lipinski definition) is 0. The molecule has 0 aliphatic rings. The third-order valence-electron chi connectivity index (χ3n) is 4.08. The van der Waals surface area contributed by atoms with E-state index in [9.17, 15) is 4.79 Å². The van der Waals surface area contributed by atoms with Crippen LogP contribution in [0.4, 0.5) is 0 Å². The molecule has 0 N–H and O–H groups in total. The van der Waals surface area contributed by atoms with Crippen LogP contribution in [0.15, 0.2) is 23.0 Å². The minimum absolute atomic E-state index is 0.0275. The maximum Gasteiger partial charge on any atom is 0.263 e. The van der Waals surface area contributed by atoms with Crippen LogP contribution in [0.3, 0.4) is 0 Å². The first kappa shape index (κ1) is 17.4. The van der Waals surface area contributed by atoms with Gasteiger partial charge in [0.2, 0.25) is 0 Å². The van der Waals surface area contributed by atoms with Crippen molar-refractivity contribution in [2.24, 2.45) is 0 Å². The molecule has 0 spiro atoms. The van der Waals surface area contributed by atoms with E-state index in [-0.39, 0.29) is 18.0 Å². The second-order valence-electron chi connectivity index (χ2n) is 6.64. The van der Waals surface area contributed by atoms with E-state index in [1.807, 2.05) is 25.1 Å². The first-order valence-corrected chi connectivity index (χ1v) is 12.1. The number of ether oxygens (including phenoxy) is 1. The fourth-order valence-corrected chi connectivity index (χ4v) is 3.18. The molecule has 2 rings (SSSR count). The Morgan fingerprint density at radius 3 is 2.64 bits per heavy atom. The molecule has 1 atom stereocenters. The van der Waals surface area contributed by atoms with Gasteiger partial charge in [-0.3, -0.25) is 9.36 Å². The molecule has 0 saturated heterocycles. The highest BCUT2D eigenvalue weighted by Crippen LogP contribution is 2.17. The molecule has 0 bridgehead atoms. The molecule has 0 radical (unpaired) electrons. The third kappa shape index (κ3) is 3.50. The lowest BCUT2D eigenvalue weighted by atomic mass is 10.1. The summed E-state index contributed by atoms with van der Waals surface area (Å²) in [5.74, 6) is 0.687. The molecule has 1 unspecified atom stereocenters. The zero-order valence-corrected chi connectivity index (χ0v) is 16.4. The van der Waals surface area contributed by atoms with Crippen molar-refractivity contribution in [1.82, 2.24) is 9.55 Å². The molecule has 0 aliphatic heterocycles. The van der Waals surface area contributed by atoms with Gasteiger partial charge in [0.15, 0.2) is 0 Å². The number of benzene rings is 1. The van der Waals surface area contributed by atoms with Crippen molar-refractivity contribution in [3.8, 4) is 0 Å². The van der Waals surface area contributed by atoms with E-state index in [2.05, 4.69) is 47.5 Å². The van der Waals surface area contributed by atoms with Gasteiger partial charge in [0.25, 0.3) is 5.56 Å². The van der Waals surface area contributed by atoms with Crippen LogP contribution < -0.4 is 5.56 Å². The van der Waals surface area contributed by atoms with E-state index in [0.29, 0.717) is 16.5 Å². The molecule has 6 heteroatoms. The highest BCUT2D eigenvalue weighted by molar-refractivity contribution is 9.08. The highest BCUT2D eigenvalue weighted by atomic mass is 79.9. The molecular weight excluding hydrogens is 360 g/mol. The highest BCUT2D eigenvalue weighted by Gasteiger charge is 2.23. The fourth-order valence-electron chi connectivity index (χ4n) is 2.14. The smallest absolute Gasteiger partial charge is 0.263 e. The Kier molecular flexibility index (Phi) is 5.24. The molecule has 2 aromatic rings. The maximum absolute atomic E-state index is 12.8. The van der Waals surface area contributed by atoms with Crippen molar-refractivity contribution in [2.45, 2.75) is 51.3 Å². The largest absolute Gasteiger partial charge is 0.361 e. The summed E-state index contributed by atoms with van der Waals surface area (Å²) in [5.41, 5.74) is 1.86. The number of hydrogen-bond acceptors (Lipinski definition) is 3. The summed E-state index contributed by atoms with van der Waals surface area (Å²) >= 11 is 3.44. The molecule has 1 heterocycles. The second kappa shape index (κ2) is 6.64. The molecule has 4 nitrogen and oxygen atoms in total. The molecule has 0 fully saturated rings. The van der Waals surface area contributed by atoms with E-state index in [1.54, 1.807) is 4.57 Å². The van der Waals surface area contributed by atoms with Gasteiger partial charge in [-0.1, -0.05) is 47.7 Å². The van der Waals surface area contributed by atoms with Gasteiger partial charge in [-0.15, -0.1) is 0 Å². The van der Waals surface area contributed by atoms with Gasteiger partial charge in [0, 0.05) is 11.1 Å². The predicted octanol–water partition coefficient (Wildman–Crippen LogP) is 3.84. The maximum atomic E-state index is 12.8. The van der Waals surface area contributed by atoms with Crippen LogP contribution in [-0.2, 0) is 16.8 Å². The summed E-state index contributed by atoms with van der Waals surface area (Å²) in [5, 5.41) is 1.31. The van der Waals surface area contributed by atoms with Gasteiger partial charge in [-0.05, 0) is 25.5 Å². The third-order valence-corrected chi connectivity index (χ3v) is 7.29. The number of rotatable bonds is 5. The first-order valence-electron chi connectivity index (χ1n) is 7.42. The Balaban J connectivity index is 2.45. The minimum atomic E-state index is -1.39. The van der Waals surface area contributed by atoms with Gasteiger partial charge in [-0.25, -0.2) is 4.98 Å². The monoisotopic (exact) mass is 382 g/mol. The van der Waals surface area contributed by atoms with E-state index in [4.69, 9.17) is 4.74 Å². The minimum Gasteiger partial charge on any atom is -0.361 e. The van der Waals surface area contributed by atoms with Crippen molar-refractivity contribution in [3.05, 3.63) is 39.9 Å². The fraction of sp³-hybridized carbons (Fsp3) is 0.500. The van der Waals surface area contributed by atoms with Crippen molar-refractivity contribution in [3.63, 3.8) is 0 Å². The molecule has 1 aromatic heterocycles. The first-order chi connectivity index (χ1) is 10.3. The molecule has 0 aliphatic carbocycles. The molecule has 22 heavy (non-hydrogen) atoms. The Bertz CT molecular complexity index is 737. The van der Waals surface area contributed by atoms with Crippen LogP contribution in [-0.4, -0.2) is 23.4 Å². The number of halogens is 1. The van der Waals surface area contributed by atoms with Crippen LogP contribution >= 0.6 is 15.9 Å². The summed E-state index contributed by atoms with van der Waals surface area (Å²) in [6.45, 7) is 11.0. The number of fused-ring (bicyclic) bond motifs is 1. The van der Waals surface area contributed by atoms with Crippen LogP contribution in [0.25, 0.3) is 10.9 Å². The SMILES string of the molecule is Cc1nc2cccc(CBr)c2c(=O)n1COC(C)[Si](C)(C)C. The molecule has 0 saturated carbocycles. The van der Waals surface area contributed by atoms with E-state index >= 15 is 0 Å². The number of nitrogens with zero attached hydrogens (tertiary/aromatic N) is 2. The normalized spacial score (nSPS) is 13.5. The van der Waals surface area contributed by atoms with E-state index in [0.717, 1.165) is 11.1 Å². The van der Waals surface area contributed by atoms with Crippen LogP contribution in [0, 0.1) is 6.92 Å². The topological polar surface area (TPSA) is 44.1 Å². The van der Waals surface area contributed by atoms with Crippen molar-refractivity contribution in [2.75, 3.05) is 0 Å². The van der Waals surface area contributed by atoms with Crippen LogP contribution in [0.5, 0.6) is 0 Å². The zero-order chi connectivity index (χ0) is 16.5. The summed E-state index contributed by atoms with van der Waals surface area (Å²) in [7, 11) is -1.39. The summed E-state index contributed by atoms with van der Waals surface area (Å²) < 4.78 is 7.58. The van der Waals surface area contributed by atoms with Crippen molar-refractivity contribution in [1.29, 1.82) is 0 Å². The Morgan fingerprint density at radius 1 is 1.36 bits per heavy atom. The van der Waals surface area contributed by atoms with Crippen molar-refractivity contribution >= 4 is 34.9 Å². The Morgan fingerprint density at radius 2 is 2.05 bits per heavy atom. The number of aryl methyl sites for hydroxylation is 1. The van der Waals surface area contributed by atoms with Gasteiger partial charge < -0.3 is 4.74 Å². The number of aromatic nitrogens is 2. The second-order valence-corrected chi connectivity index (χ2v) is 12.7. The van der Waals surface area contributed by atoms with Crippen LogP contribution in [0.1, 0.15) is 18.3 Å². The summed E-state index contributed by atoms with van der Waals surface area (Å²) in [6, 6.07) is 5.76. The lowest BCUT2D eigenvalue weighted by Crippen LogP contribution is -2.39. The average Bonchev–Trinajstić information content (AvgIpc) is 2.44. The Labute approximate surface area is 140 Å². The van der Waals surface area contributed by atoms with Gasteiger partial charge >= 0.3 is 0 Å². The molecule has 1 aromatic carbocycles. The van der Waals surface area contributed by atoms with Crippen LogP contribution in [0.2, 0.25) is 19.6 Å². The number of alkyl halides is 1. The zero-order valence-electron chi connectivity index (χ0n) is 13.8. The van der Waals surface area contributed by atoms with Gasteiger partial charge in [0.1, 0.15) is 12.6 Å². The standard InChI is InChI=1S/C16H23BrN2O2Si/c1-11-18-14-8-6-7-13(9-17)15(14)16(20)19(11)10-21-12(2)22(3,4)5/h6-8,12H,9-10H2,1-5H3. The van der Waals surface area contributed by atoms with E-state index in [1.165, 1.54) is 0 Å². The summed E-state index contributed by atoms with van der Waals surface area (Å²) in [6.07, 6.45) is 0. The molecular formula is C16H23BrN2O2Si. The lowest BCUT2D eigenvalue weighted by molar-refractivity contribution is 0.0529. The molecule has 0 amide bonds. The Hall–Kier alpha value is -0.983. The molecule has 120 valence electrons. The van der Waals surface area contributed by atoms with E-state index < -0.39 is 8.07 Å². The predicted molar refractivity (Wildman–Crippen MR) is 97.3 cm³/mol. The summed E-state index contributed by atoms with van der Waals surface area (Å²) in [4.78, 5) is 17.4.